The average molecular weight is 414 g/mol. The van der Waals surface area contributed by atoms with Gasteiger partial charge in [-0.05, 0) is 75.6 Å². The molecule has 0 unspecified atom stereocenters. The molecule has 1 aromatic carbocycles. The molecule has 0 saturated heterocycles. The van der Waals surface area contributed by atoms with Gasteiger partial charge in [-0.15, -0.1) is 0 Å². The molecule has 0 aliphatic carbocycles. The minimum Gasteiger partial charge on any atom is -0.350 e. The second-order valence-corrected chi connectivity index (χ2v) is 7.10. The number of hydrogen-bond donors (Lipinski definition) is 2. The summed E-state index contributed by atoms with van der Waals surface area (Å²) in [7, 11) is 0. The molecule has 0 saturated carbocycles. The summed E-state index contributed by atoms with van der Waals surface area (Å²) in [6.07, 6.45) is 4.47. The van der Waals surface area contributed by atoms with Gasteiger partial charge in [0.1, 0.15) is 11.6 Å². The van der Waals surface area contributed by atoms with Gasteiger partial charge in [-0.2, -0.15) is 0 Å². The van der Waals surface area contributed by atoms with E-state index in [4.69, 9.17) is 0 Å². The summed E-state index contributed by atoms with van der Waals surface area (Å²) in [6, 6.07) is 8.55. The number of anilines is 2. The maximum absolute atomic E-state index is 13.2. The van der Waals surface area contributed by atoms with Crippen molar-refractivity contribution in [3.05, 3.63) is 65.6 Å². The lowest BCUT2D eigenvalue weighted by molar-refractivity contribution is -0.117. The van der Waals surface area contributed by atoms with Crippen molar-refractivity contribution in [3.8, 4) is 0 Å². The summed E-state index contributed by atoms with van der Waals surface area (Å²) in [5.74, 6) is 0.118. The van der Waals surface area contributed by atoms with E-state index in [0.29, 0.717) is 28.7 Å². The fraction of sp³-hybridized carbons (Fsp3) is 0.375. The number of nitrogens with zero attached hydrogens (tertiary/aromatic N) is 1. The monoisotopic (exact) mass is 413 g/mol. The minimum absolute atomic E-state index is 0.0613. The highest BCUT2D eigenvalue weighted by Crippen LogP contribution is 2.21. The van der Waals surface area contributed by atoms with Crippen LogP contribution in [-0.4, -0.2) is 22.7 Å². The molecule has 5 nitrogen and oxygen atoms in total. The van der Waals surface area contributed by atoms with Crippen molar-refractivity contribution in [3.63, 3.8) is 0 Å². The number of carbonyl (C=O) groups is 2. The fourth-order valence-electron chi connectivity index (χ4n) is 2.78. The van der Waals surface area contributed by atoms with Gasteiger partial charge in [0, 0.05) is 17.4 Å². The number of aromatic nitrogens is 1. The number of amides is 1. The van der Waals surface area contributed by atoms with Crippen molar-refractivity contribution in [1.82, 2.24) is 10.3 Å². The van der Waals surface area contributed by atoms with E-state index in [0.717, 1.165) is 25.0 Å². The summed E-state index contributed by atoms with van der Waals surface area (Å²) >= 11 is 0. The van der Waals surface area contributed by atoms with Gasteiger partial charge in [0.15, 0.2) is 5.78 Å². The molecule has 2 aromatic rings. The Bertz CT molecular complexity index is 881. The zero-order valence-corrected chi connectivity index (χ0v) is 18.5. The second-order valence-electron chi connectivity index (χ2n) is 7.10. The molecule has 162 valence electrons. The Morgan fingerprint density at radius 2 is 1.90 bits per heavy atom. The van der Waals surface area contributed by atoms with Crippen LogP contribution in [0.25, 0.3) is 0 Å². The molecular formula is C24H32FN3O2. The van der Waals surface area contributed by atoms with E-state index in [9.17, 15) is 14.0 Å². The molecule has 6 heteroatoms. The molecular weight excluding hydrogens is 381 g/mol. The summed E-state index contributed by atoms with van der Waals surface area (Å²) in [6.45, 7) is 12.6. The summed E-state index contributed by atoms with van der Waals surface area (Å²) in [4.78, 5) is 26.7. The zero-order valence-electron chi connectivity index (χ0n) is 18.5. The maximum Gasteiger partial charge on any atom is 0.243 e. The molecule has 0 fully saturated rings. The molecule has 0 radical (unpaired) electrons. The van der Waals surface area contributed by atoms with Crippen molar-refractivity contribution in [1.29, 1.82) is 0 Å². The van der Waals surface area contributed by atoms with Crippen LogP contribution in [0.15, 0.2) is 43.0 Å². The van der Waals surface area contributed by atoms with E-state index in [1.807, 2.05) is 6.92 Å². The van der Waals surface area contributed by atoms with E-state index in [-0.39, 0.29) is 17.5 Å². The molecule has 0 bridgehead atoms. The lowest BCUT2D eigenvalue weighted by atomic mass is 10.1. The molecule has 1 aromatic heterocycles. The fourth-order valence-corrected chi connectivity index (χ4v) is 2.78. The molecule has 1 amide bonds. The van der Waals surface area contributed by atoms with Gasteiger partial charge in [0.05, 0.1) is 5.56 Å². The first-order valence-corrected chi connectivity index (χ1v) is 10.2. The lowest BCUT2D eigenvalue weighted by Crippen LogP contribution is -2.32. The van der Waals surface area contributed by atoms with Crippen LogP contribution in [0.3, 0.4) is 0 Å². The number of halogens is 1. The van der Waals surface area contributed by atoms with Gasteiger partial charge in [0.25, 0.3) is 0 Å². The number of nitrogens with one attached hydrogen (secondary N) is 2. The summed E-state index contributed by atoms with van der Waals surface area (Å²) in [5.41, 5.74) is 2.58. The normalized spacial score (nSPS) is 11.0. The van der Waals surface area contributed by atoms with E-state index in [2.05, 4.69) is 36.0 Å². The van der Waals surface area contributed by atoms with Gasteiger partial charge in [-0.3, -0.25) is 9.59 Å². The predicted molar refractivity (Wildman–Crippen MR) is 121 cm³/mol. The number of pyridine rings is 1. The highest BCUT2D eigenvalue weighted by molar-refractivity contribution is 5.99. The second kappa shape index (κ2) is 12.5. The molecule has 1 heterocycles. The highest BCUT2D eigenvalue weighted by Gasteiger charge is 2.10. The largest absolute Gasteiger partial charge is 0.350 e. The third-order valence-electron chi connectivity index (χ3n) is 4.50. The van der Waals surface area contributed by atoms with Gasteiger partial charge in [-0.1, -0.05) is 26.8 Å². The van der Waals surface area contributed by atoms with Crippen LogP contribution in [-0.2, 0) is 4.79 Å². The zero-order chi connectivity index (χ0) is 22.7. The Morgan fingerprint density at radius 1 is 1.20 bits per heavy atom. The average Bonchev–Trinajstić information content (AvgIpc) is 2.70. The number of rotatable bonds is 8. The van der Waals surface area contributed by atoms with Crippen LogP contribution < -0.4 is 10.6 Å². The van der Waals surface area contributed by atoms with Crippen molar-refractivity contribution in [2.45, 2.75) is 59.9 Å². The van der Waals surface area contributed by atoms with Crippen molar-refractivity contribution < 1.29 is 14.0 Å². The molecule has 2 N–H and O–H groups in total. The number of Topliss-reactive ketones (excluding diaryl/α,β-unsaturated/α-hetero) is 1. The molecule has 30 heavy (non-hydrogen) atoms. The van der Waals surface area contributed by atoms with Gasteiger partial charge in [-0.25, -0.2) is 9.37 Å². The summed E-state index contributed by atoms with van der Waals surface area (Å²) in [5, 5.41) is 5.92. The molecule has 1 atom stereocenters. The quantitative estimate of drug-likeness (QED) is 0.433. The Hall–Kier alpha value is -3.02. The lowest BCUT2D eigenvalue weighted by Gasteiger charge is -2.13. The highest BCUT2D eigenvalue weighted by atomic mass is 19.1. The van der Waals surface area contributed by atoms with Crippen LogP contribution in [0.2, 0.25) is 0 Å². The van der Waals surface area contributed by atoms with Crippen molar-refractivity contribution >= 4 is 23.2 Å². The maximum atomic E-state index is 13.2. The standard InChI is InChI=1S/C15H15FN2O.C9H17NO/c1-9-8-12(5-7-14(9)16)18-15-13(11(3)19)6-4-10(2)17-15;1-4-7-8(5-2)10-9(11)6-3/h4-8H,1-3H3,(H,17,18);6,8H,3-5,7H2,1-2H3,(H,10,11)/t;8-/m.1/s1. The van der Waals surface area contributed by atoms with Crippen LogP contribution >= 0.6 is 0 Å². The molecule has 2 rings (SSSR count). The Labute approximate surface area is 178 Å². The molecule has 0 aliphatic heterocycles. The Kier molecular flexibility index (Phi) is 10.4. The van der Waals surface area contributed by atoms with Crippen molar-refractivity contribution in [2.24, 2.45) is 0 Å². The molecule has 0 aliphatic rings. The van der Waals surface area contributed by atoms with E-state index in [1.54, 1.807) is 31.2 Å². The SMILES string of the molecule is C=CC(=O)N[C@H](CC)CCC.CC(=O)c1ccc(C)nc1Nc1ccc(F)c(C)c1. The molecule has 0 spiro atoms. The first kappa shape index (κ1) is 25.0. The van der Waals surface area contributed by atoms with E-state index in [1.165, 1.54) is 19.1 Å². The Morgan fingerprint density at radius 3 is 2.43 bits per heavy atom. The van der Waals surface area contributed by atoms with Crippen LogP contribution in [0.4, 0.5) is 15.9 Å². The van der Waals surface area contributed by atoms with Gasteiger partial charge in [0.2, 0.25) is 5.91 Å². The van der Waals surface area contributed by atoms with Crippen LogP contribution in [0.5, 0.6) is 0 Å². The van der Waals surface area contributed by atoms with Crippen LogP contribution in [0.1, 0.15) is 61.6 Å². The topological polar surface area (TPSA) is 71.1 Å². The summed E-state index contributed by atoms with van der Waals surface area (Å²) < 4.78 is 13.2. The van der Waals surface area contributed by atoms with Crippen LogP contribution in [0, 0.1) is 19.7 Å². The number of carbonyl (C=O) groups excluding carboxylic acids is 2. The predicted octanol–water partition coefficient (Wildman–Crippen LogP) is 5.65. The number of aryl methyl sites for hydroxylation is 2. The van der Waals surface area contributed by atoms with E-state index >= 15 is 0 Å². The number of ketones is 1. The van der Waals surface area contributed by atoms with Gasteiger partial charge < -0.3 is 10.6 Å². The first-order chi connectivity index (χ1) is 14.2. The minimum atomic E-state index is -0.255. The third kappa shape index (κ3) is 8.15. The van der Waals surface area contributed by atoms with Gasteiger partial charge >= 0.3 is 0 Å². The van der Waals surface area contributed by atoms with Crippen molar-refractivity contribution in [2.75, 3.05) is 5.32 Å². The number of hydrogen-bond acceptors (Lipinski definition) is 4. The first-order valence-electron chi connectivity index (χ1n) is 10.2. The third-order valence-corrected chi connectivity index (χ3v) is 4.50. The number of benzene rings is 1. The Balaban J connectivity index is 0.000000352. The smallest absolute Gasteiger partial charge is 0.243 e. The van der Waals surface area contributed by atoms with E-state index < -0.39 is 0 Å².